The molecule has 1 heterocycles. The van der Waals surface area contributed by atoms with Crippen molar-refractivity contribution in [2.45, 2.75) is 45.1 Å². The molecule has 0 bridgehead atoms. The van der Waals surface area contributed by atoms with Crippen LogP contribution in [0.4, 0.5) is 0 Å². The molecule has 0 aliphatic carbocycles. The third kappa shape index (κ3) is 2.82. The van der Waals surface area contributed by atoms with Crippen molar-refractivity contribution in [2.24, 2.45) is 0 Å². The number of benzene rings is 1. The maximum atomic E-state index is 5.66. The Morgan fingerprint density at radius 1 is 1.27 bits per heavy atom. The molecule has 1 unspecified atom stereocenters. The summed E-state index contributed by atoms with van der Waals surface area (Å²) in [6, 6.07) is 8.99. The van der Waals surface area contributed by atoms with E-state index in [-0.39, 0.29) is 0 Å². The highest BCUT2D eigenvalue weighted by molar-refractivity contribution is 5.24. The van der Waals surface area contributed by atoms with Crippen LogP contribution in [0.3, 0.4) is 0 Å². The van der Waals surface area contributed by atoms with E-state index in [0.29, 0.717) is 6.10 Å². The first kappa shape index (κ1) is 10.7. The molecule has 1 aliphatic rings. The van der Waals surface area contributed by atoms with E-state index >= 15 is 0 Å². The molecule has 0 spiro atoms. The van der Waals surface area contributed by atoms with E-state index in [1.54, 1.807) is 0 Å². The molecule has 1 nitrogen and oxygen atoms in total. The Kier molecular flexibility index (Phi) is 3.79. The zero-order valence-electron chi connectivity index (χ0n) is 9.54. The van der Waals surface area contributed by atoms with E-state index in [9.17, 15) is 0 Å². The van der Waals surface area contributed by atoms with Gasteiger partial charge in [0.05, 0.1) is 6.10 Å². The second-order valence-corrected chi connectivity index (χ2v) is 4.35. The zero-order valence-corrected chi connectivity index (χ0v) is 9.54. The lowest BCUT2D eigenvalue weighted by atomic mass is 10.0. The van der Waals surface area contributed by atoms with Crippen LogP contribution in [0.5, 0.6) is 0 Å². The van der Waals surface area contributed by atoms with Gasteiger partial charge in [0.2, 0.25) is 0 Å². The van der Waals surface area contributed by atoms with Gasteiger partial charge in [-0.05, 0) is 36.8 Å². The Morgan fingerprint density at radius 2 is 2.07 bits per heavy atom. The van der Waals surface area contributed by atoms with Crippen molar-refractivity contribution in [1.82, 2.24) is 0 Å². The lowest BCUT2D eigenvalue weighted by Crippen LogP contribution is -1.95. The van der Waals surface area contributed by atoms with Crippen LogP contribution in [-0.4, -0.2) is 6.61 Å². The van der Waals surface area contributed by atoms with Gasteiger partial charge in [0, 0.05) is 6.61 Å². The van der Waals surface area contributed by atoms with Crippen LogP contribution in [0.2, 0.25) is 0 Å². The molecule has 1 aliphatic heterocycles. The first-order chi connectivity index (χ1) is 7.40. The van der Waals surface area contributed by atoms with Gasteiger partial charge in [-0.15, -0.1) is 0 Å². The first-order valence-corrected chi connectivity index (χ1v) is 6.10. The van der Waals surface area contributed by atoms with Gasteiger partial charge in [-0.3, -0.25) is 0 Å². The van der Waals surface area contributed by atoms with E-state index in [2.05, 4.69) is 31.2 Å². The Morgan fingerprint density at radius 3 is 2.67 bits per heavy atom. The minimum absolute atomic E-state index is 0.366. The summed E-state index contributed by atoms with van der Waals surface area (Å²) in [7, 11) is 0. The van der Waals surface area contributed by atoms with Gasteiger partial charge in [0.1, 0.15) is 0 Å². The largest absolute Gasteiger partial charge is 0.374 e. The summed E-state index contributed by atoms with van der Waals surface area (Å²) >= 11 is 0. The molecule has 2 rings (SSSR count). The quantitative estimate of drug-likeness (QED) is 0.723. The number of aryl methyl sites for hydroxylation is 1. The van der Waals surface area contributed by atoms with Crippen LogP contribution in [0.25, 0.3) is 0 Å². The Bertz CT molecular complexity index is 283. The summed E-state index contributed by atoms with van der Waals surface area (Å²) in [6.07, 6.45) is 6.54. The molecule has 0 N–H and O–H groups in total. The standard InChI is InChI=1S/C14H20O/c1-2-3-5-12-7-9-13(10-8-12)14-6-4-11-15-14/h7-10,14H,2-6,11H2,1H3. The van der Waals surface area contributed by atoms with E-state index < -0.39 is 0 Å². The average molecular weight is 204 g/mol. The van der Waals surface area contributed by atoms with Crippen molar-refractivity contribution in [3.8, 4) is 0 Å². The average Bonchev–Trinajstić information content (AvgIpc) is 2.80. The molecule has 15 heavy (non-hydrogen) atoms. The third-order valence-corrected chi connectivity index (χ3v) is 3.10. The van der Waals surface area contributed by atoms with Crippen molar-refractivity contribution >= 4 is 0 Å². The smallest absolute Gasteiger partial charge is 0.0825 e. The van der Waals surface area contributed by atoms with Crippen molar-refractivity contribution < 1.29 is 4.74 Å². The highest BCUT2D eigenvalue weighted by atomic mass is 16.5. The highest BCUT2D eigenvalue weighted by Crippen LogP contribution is 2.28. The first-order valence-electron chi connectivity index (χ1n) is 6.10. The van der Waals surface area contributed by atoms with Crippen LogP contribution in [0, 0.1) is 0 Å². The lowest BCUT2D eigenvalue weighted by Gasteiger charge is -2.10. The number of rotatable bonds is 4. The maximum Gasteiger partial charge on any atom is 0.0825 e. The summed E-state index contributed by atoms with van der Waals surface area (Å²) in [5, 5.41) is 0. The predicted molar refractivity (Wildman–Crippen MR) is 63.0 cm³/mol. The van der Waals surface area contributed by atoms with Gasteiger partial charge >= 0.3 is 0 Å². The van der Waals surface area contributed by atoms with E-state index in [1.807, 2.05) is 0 Å². The Hall–Kier alpha value is -0.820. The molecule has 0 radical (unpaired) electrons. The normalized spacial score (nSPS) is 20.7. The molecular weight excluding hydrogens is 184 g/mol. The molecular formula is C14H20O. The number of ether oxygens (including phenoxy) is 1. The summed E-state index contributed by atoms with van der Waals surface area (Å²) in [5.41, 5.74) is 2.81. The molecule has 82 valence electrons. The van der Waals surface area contributed by atoms with Crippen LogP contribution in [0.15, 0.2) is 24.3 Å². The van der Waals surface area contributed by atoms with Crippen molar-refractivity contribution in [3.05, 3.63) is 35.4 Å². The maximum absolute atomic E-state index is 5.66. The van der Waals surface area contributed by atoms with Gasteiger partial charge in [0.25, 0.3) is 0 Å². The number of unbranched alkanes of at least 4 members (excludes halogenated alkanes) is 1. The fourth-order valence-electron chi connectivity index (χ4n) is 2.12. The monoisotopic (exact) mass is 204 g/mol. The van der Waals surface area contributed by atoms with Gasteiger partial charge < -0.3 is 4.74 Å². The van der Waals surface area contributed by atoms with Crippen molar-refractivity contribution in [3.63, 3.8) is 0 Å². The second-order valence-electron chi connectivity index (χ2n) is 4.35. The van der Waals surface area contributed by atoms with Gasteiger partial charge in [-0.1, -0.05) is 37.6 Å². The minimum Gasteiger partial charge on any atom is -0.374 e. The second kappa shape index (κ2) is 5.32. The molecule has 0 amide bonds. The SMILES string of the molecule is CCCCc1ccc(C2CCCO2)cc1. The number of hydrogen-bond donors (Lipinski definition) is 0. The Labute approximate surface area is 92.5 Å². The molecule has 1 aromatic rings. The fourth-order valence-corrected chi connectivity index (χ4v) is 2.12. The molecule has 1 aromatic carbocycles. The molecule has 1 saturated heterocycles. The van der Waals surface area contributed by atoms with Crippen LogP contribution >= 0.6 is 0 Å². The van der Waals surface area contributed by atoms with Crippen molar-refractivity contribution in [1.29, 1.82) is 0 Å². The van der Waals surface area contributed by atoms with Gasteiger partial charge in [-0.25, -0.2) is 0 Å². The molecule has 1 fully saturated rings. The van der Waals surface area contributed by atoms with Crippen molar-refractivity contribution in [2.75, 3.05) is 6.61 Å². The topological polar surface area (TPSA) is 9.23 Å². The molecule has 0 saturated carbocycles. The summed E-state index contributed by atoms with van der Waals surface area (Å²) < 4.78 is 5.66. The summed E-state index contributed by atoms with van der Waals surface area (Å²) in [4.78, 5) is 0. The molecule has 1 heteroatoms. The van der Waals surface area contributed by atoms with E-state index in [4.69, 9.17) is 4.74 Å². The molecule has 0 aromatic heterocycles. The van der Waals surface area contributed by atoms with E-state index in [0.717, 1.165) is 6.61 Å². The summed E-state index contributed by atoms with van der Waals surface area (Å²) in [6.45, 7) is 3.17. The highest BCUT2D eigenvalue weighted by Gasteiger charge is 2.16. The van der Waals surface area contributed by atoms with E-state index in [1.165, 1.54) is 43.2 Å². The molecule has 1 atom stereocenters. The fraction of sp³-hybridized carbons (Fsp3) is 0.571. The van der Waals surface area contributed by atoms with Gasteiger partial charge in [0.15, 0.2) is 0 Å². The lowest BCUT2D eigenvalue weighted by molar-refractivity contribution is 0.112. The third-order valence-electron chi connectivity index (χ3n) is 3.10. The van der Waals surface area contributed by atoms with Crippen LogP contribution in [0.1, 0.15) is 49.8 Å². The number of hydrogen-bond acceptors (Lipinski definition) is 1. The Balaban J connectivity index is 1.96. The predicted octanol–water partition coefficient (Wildman–Crippen LogP) is 3.88. The van der Waals surface area contributed by atoms with Crippen LogP contribution < -0.4 is 0 Å². The zero-order chi connectivity index (χ0) is 10.5. The van der Waals surface area contributed by atoms with Crippen LogP contribution in [-0.2, 0) is 11.2 Å². The minimum atomic E-state index is 0.366. The summed E-state index contributed by atoms with van der Waals surface area (Å²) in [5.74, 6) is 0. The van der Waals surface area contributed by atoms with Gasteiger partial charge in [-0.2, -0.15) is 0 Å².